The summed E-state index contributed by atoms with van der Waals surface area (Å²) in [6.45, 7) is 9.21. The molecule has 0 amide bonds. The van der Waals surface area contributed by atoms with Crippen molar-refractivity contribution < 1.29 is 23.7 Å². The standard InChI is InChI=1S/C19H28Cl2O5/c1-11-8-15-13(12(2)17(22)25-15)10-19(3)14(11)9-16(23-6-4-20)26-18(19)24-7-5-21/h11,13-16,18H,2,4-10H2,1,3H3/t11-,13+,14-,15-,16-,18+,19-/m1/s1. The predicted molar refractivity (Wildman–Crippen MR) is 99.1 cm³/mol. The van der Waals surface area contributed by atoms with Gasteiger partial charge in [0.1, 0.15) is 6.10 Å². The van der Waals surface area contributed by atoms with Gasteiger partial charge in [0.25, 0.3) is 0 Å². The van der Waals surface area contributed by atoms with Crippen molar-refractivity contribution in [3.63, 3.8) is 0 Å². The lowest BCUT2D eigenvalue weighted by Crippen LogP contribution is -2.53. The first kappa shape index (κ1) is 20.4. The van der Waals surface area contributed by atoms with E-state index >= 15 is 0 Å². The van der Waals surface area contributed by atoms with Gasteiger partial charge in [-0.2, -0.15) is 0 Å². The number of hydrogen-bond donors (Lipinski definition) is 0. The lowest BCUT2D eigenvalue weighted by molar-refractivity contribution is -0.328. The molecule has 0 aromatic carbocycles. The zero-order valence-corrected chi connectivity index (χ0v) is 16.9. The summed E-state index contributed by atoms with van der Waals surface area (Å²) in [7, 11) is 0. The second-order valence-electron chi connectivity index (χ2n) is 7.86. The van der Waals surface area contributed by atoms with E-state index in [1.165, 1.54) is 0 Å². The molecule has 2 aliphatic heterocycles. The Morgan fingerprint density at radius 1 is 1.23 bits per heavy atom. The van der Waals surface area contributed by atoms with Crippen LogP contribution in [0.4, 0.5) is 0 Å². The van der Waals surface area contributed by atoms with Gasteiger partial charge in [-0.05, 0) is 24.7 Å². The second kappa shape index (κ2) is 8.36. The number of carbonyl (C=O) groups excluding carboxylic acids is 1. The third-order valence-corrected chi connectivity index (χ3v) is 6.51. The molecule has 0 unspecified atom stereocenters. The number of hydrogen-bond acceptors (Lipinski definition) is 5. The molecule has 0 N–H and O–H groups in total. The van der Waals surface area contributed by atoms with Gasteiger partial charge in [0, 0.05) is 35.1 Å². The molecule has 1 aliphatic carbocycles. The van der Waals surface area contributed by atoms with Crippen molar-refractivity contribution in [2.75, 3.05) is 25.0 Å². The Hall–Kier alpha value is -0.330. The molecule has 2 heterocycles. The minimum absolute atomic E-state index is 0.00552. The fraction of sp³-hybridized carbons (Fsp3) is 0.842. The number of ether oxygens (including phenoxy) is 4. The minimum atomic E-state index is -0.454. The van der Waals surface area contributed by atoms with Crippen molar-refractivity contribution in [2.45, 2.75) is 51.8 Å². The summed E-state index contributed by atoms with van der Waals surface area (Å²) in [5, 5.41) is 0. The number of esters is 1. The molecule has 0 aromatic heterocycles. The predicted octanol–water partition coefficient (Wildman–Crippen LogP) is 3.72. The van der Waals surface area contributed by atoms with Crippen LogP contribution < -0.4 is 0 Å². The number of halogens is 2. The molecule has 7 atom stereocenters. The van der Waals surface area contributed by atoms with E-state index in [1.807, 2.05) is 0 Å². The smallest absolute Gasteiger partial charge is 0.334 e. The molecular weight excluding hydrogens is 379 g/mol. The highest BCUT2D eigenvalue weighted by Gasteiger charge is 2.57. The van der Waals surface area contributed by atoms with Crippen LogP contribution in [-0.4, -0.2) is 49.6 Å². The van der Waals surface area contributed by atoms with E-state index < -0.39 is 6.29 Å². The Kier molecular flexibility index (Phi) is 6.56. The Labute approximate surface area is 165 Å². The van der Waals surface area contributed by atoms with Crippen LogP contribution in [0.5, 0.6) is 0 Å². The van der Waals surface area contributed by atoms with E-state index in [4.69, 9.17) is 42.1 Å². The summed E-state index contributed by atoms with van der Waals surface area (Å²) in [4.78, 5) is 12.0. The first-order chi connectivity index (χ1) is 12.4. The highest BCUT2D eigenvalue weighted by Crippen LogP contribution is 2.55. The van der Waals surface area contributed by atoms with Gasteiger partial charge in [0.2, 0.25) is 0 Å². The molecule has 148 valence electrons. The molecule has 5 nitrogen and oxygen atoms in total. The first-order valence-corrected chi connectivity index (χ1v) is 10.4. The normalized spacial score (nSPS) is 42.8. The molecule has 0 aromatic rings. The van der Waals surface area contributed by atoms with Crippen LogP contribution in [0.1, 0.15) is 33.1 Å². The zero-order chi connectivity index (χ0) is 18.9. The maximum atomic E-state index is 12.0. The van der Waals surface area contributed by atoms with Crippen molar-refractivity contribution in [3.8, 4) is 0 Å². The molecule has 2 saturated heterocycles. The van der Waals surface area contributed by atoms with Crippen molar-refractivity contribution in [2.24, 2.45) is 23.2 Å². The molecule has 3 fully saturated rings. The van der Waals surface area contributed by atoms with Crippen molar-refractivity contribution in [1.29, 1.82) is 0 Å². The Bertz CT molecular complexity index is 542. The zero-order valence-electron chi connectivity index (χ0n) is 15.4. The quantitative estimate of drug-likeness (QED) is 0.382. The fourth-order valence-corrected chi connectivity index (χ4v) is 5.12. The monoisotopic (exact) mass is 406 g/mol. The maximum Gasteiger partial charge on any atom is 0.334 e. The highest BCUT2D eigenvalue weighted by atomic mass is 35.5. The third-order valence-electron chi connectivity index (χ3n) is 6.20. The van der Waals surface area contributed by atoms with E-state index in [9.17, 15) is 4.79 Å². The van der Waals surface area contributed by atoms with Gasteiger partial charge in [0.05, 0.1) is 13.2 Å². The van der Waals surface area contributed by atoms with Gasteiger partial charge >= 0.3 is 5.97 Å². The minimum Gasteiger partial charge on any atom is -0.458 e. The van der Waals surface area contributed by atoms with E-state index in [1.54, 1.807) is 0 Å². The van der Waals surface area contributed by atoms with Crippen LogP contribution in [0.3, 0.4) is 0 Å². The molecule has 0 bridgehead atoms. The summed E-state index contributed by atoms with van der Waals surface area (Å²) in [6.07, 6.45) is 1.42. The Morgan fingerprint density at radius 2 is 1.92 bits per heavy atom. The summed E-state index contributed by atoms with van der Waals surface area (Å²) < 4.78 is 23.6. The van der Waals surface area contributed by atoms with E-state index in [2.05, 4.69) is 20.4 Å². The van der Waals surface area contributed by atoms with Gasteiger partial charge in [-0.1, -0.05) is 20.4 Å². The summed E-state index contributed by atoms with van der Waals surface area (Å²) in [5.74, 6) is 1.20. The van der Waals surface area contributed by atoms with Crippen LogP contribution in [0.25, 0.3) is 0 Å². The number of carbonyl (C=O) groups is 1. The third kappa shape index (κ3) is 3.79. The van der Waals surface area contributed by atoms with Gasteiger partial charge in [-0.25, -0.2) is 4.79 Å². The van der Waals surface area contributed by atoms with Gasteiger partial charge in [-0.3, -0.25) is 0 Å². The van der Waals surface area contributed by atoms with Crippen molar-refractivity contribution in [1.82, 2.24) is 0 Å². The summed E-state index contributed by atoms with van der Waals surface area (Å²) in [5.41, 5.74) is 0.295. The fourth-order valence-electron chi connectivity index (χ4n) is 4.94. The van der Waals surface area contributed by atoms with Gasteiger partial charge < -0.3 is 18.9 Å². The molecule has 1 saturated carbocycles. The van der Waals surface area contributed by atoms with Crippen LogP contribution in [0.2, 0.25) is 0 Å². The summed E-state index contributed by atoms with van der Waals surface area (Å²) >= 11 is 11.6. The highest BCUT2D eigenvalue weighted by molar-refractivity contribution is 6.18. The molecule has 7 heteroatoms. The number of alkyl halides is 2. The van der Waals surface area contributed by atoms with Crippen LogP contribution in [-0.2, 0) is 23.7 Å². The molecule has 3 aliphatic rings. The van der Waals surface area contributed by atoms with Crippen LogP contribution >= 0.6 is 23.2 Å². The second-order valence-corrected chi connectivity index (χ2v) is 8.61. The van der Waals surface area contributed by atoms with E-state index in [0.29, 0.717) is 42.4 Å². The average molecular weight is 407 g/mol. The average Bonchev–Trinajstić information content (AvgIpc) is 2.80. The largest absolute Gasteiger partial charge is 0.458 e. The molecular formula is C19H28Cl2O5. The lowest BCUT2D eigenvalue weighted by atomic mass is 9.65. The topological polar surface area (TPSA) is 54.0 Å². The van der Waals surface area contributed by atoms with Crippen LogP contribution in [0.15, 0.2) is 12.2 Å². The first-order valence-electron chi connectivity index (χ1n) is 9.31. The van der Waals surface area contributed by atoms with Crippen molar-refractivity contribution >= 4 is 29.2 Å². The molecule has 3 rings (SSSR count). The van der Waals surface area contributed by atoms with E-state index in [0.717, 1.165) is 19.3 Å². The summed E-state index contributed by atoms with van der Waals surface area (Å²) in [6, 6.07) is 0. The Morgan fingerprint density at radius 3 is 2.62 bits per heavy atom. The molecule has 26 heavy (non-hydrogen) atoms. The van der Waals surface area contributed by atoms with Gasteiger partial charge in [-0.15, -0.1) is 23.2 Å². The molecule has 0 spiro atoms. The van der Waals surface area contributed by atoms with Crippen molar-refractivity contribution in [3.05, 3.63) is 12.2 Å². The lowest BCUT2D eigenvalue weighted by Gasteiger charge is -2.50. The van der Waals surface area contributed by atoms with Crippen LogP contribution in [0, 0.1) is 23.2 Å². The number of rotatable bonds is 6. The Balaban J connectivity index is 1.87. The molecule has 0 radical (unpaired) electrons. The van der Waals surface area contributed by atoms with E-state index in [-0.39, 0.29) is 29.7 Å². The maximum absolute atomic E-state index is 12.0. The SMILES string of the molecule is C=C1C(=O)O[C@@H]2C[C@@H](C)[C@H]3C[C@H](OCCCl)O[C@H](OCCCl)[C@]3(C)C[C@@H]12. The number of fused-ring (bicyclic) bond motifs is 2. The van der Waals surface area contributed by atoms with Gasteiger partial charge in [0.15, 0.2) is 12.6 Å².